The van der Waals surface area contributed by atoms with Crippen LogP contribution in [0.2, 0.25) is 0 Å². The van der Waals surface area contributed by atoms with Crippen molar-refractivity contribution < 1.29 is 0 Å². The van der Waals surface area contributed by atoms with Crippen molar-refractivity contribution in [1.82, 2.24) is 10.0 Å². The summed E-state index contributed by atoms with van der Waals surface area (Å²) in [7, 11) is 0. The summed E-state index contributed by atoms with van der Waals surface area (Å²) < 4.78 is 0. The van der Waals surface area contributed by atoms with Gasteiger partial charge in [-0.3, -0.25) is 0 Å². The quantitative estimate of drug-likeness (QED) is 0.614. The Balaban J connectivity index is 1.91. The molecule has 14 heavy (non-hydrogen) atoms. The highest BCUT2D eigenvalue weighted by atomic mass is 15.6. The van der Waals surface area contributed by atoms with E-state index in [0.717, 1.165) is 13.1 Å². The molecule has 0 unspecified atom stereocenters. The average Bonchev–Trinajstić information content (AvgIpc) is 2.26. The van der Waals surface area contributed by atoms with Crippen LogP contribution in [-0.4, -0.2) is 23.1 Å². The van der Waals surface area contributed by atoms with Gasteiger partial charge in [0.15, 0.2) is 0 Å². The van der Waals surface area contributed by atoms with E-state index in [1.807, 2.05) is 0 Å². The van der Waals surface area contributed by atoms with E-state index in [4.69, 9.17) is 0 Å². The zero-order valence-corrected chi connectivity index (χ0v) is 8.45. The van der Waals surface area contributed by atoms with Crippen molar-refractivity contribution in [3.63, 3.8) is 0 Å². The third kappa shape index (κ3) is 1.35. The highest BCUT2D eigenvalue weighted by Gasteiger charge is 2.25. The number of rotatable bonds is 0. The van der Waals surface area contributed by atoms with Gasteiger partial charge < -0.3 is 0 Å². The first-order chi connectivity index (χ1) is 6.93. The van der Waals surface area contributed by atoms with Gasteiger partial charge in [0.2, 0.25) is 0 Å². The lowest BCUT2D eigenvalue weighted by molar-refractivity contribution is -0.0752. The Morgan fingerprint density at radius 3 is 1.79 bits per heavy atom. The molecule has 2 aliphatic heterocycles. The molecular formula is C12H16N2. The monoisotopic (exact) mass is 188 g/mol. The van der Waals surface area contributed by atoms with Gasteiger partial charge in [0.25, 0.3) is 0 Å². The predicted octanol–water partition coefficient (Wildman–Crippen LogP) is 2.01. The molecule has 0 saturated carbocycles. The molecule has 2 aliphatic rings. The van der Waals surface area contributed by atoms with Gasteiger partial charge in [0, 0.05) is 26.2 Å². The molecule has 0 atom stereocenters. The zero-order chi connectivity index (χ0) is 9.38. The summed E-state index contributed by atoms with van der Waals surface area (Å²) in [6.07, 6.45) is 2.72. The number of nitrogens with zero attached hydrogens (tertiary/aromatic N) is 2. The highest BCUT2D eigenvalue weighted by Crippen LogP contribution is 2.24. The van der Waals surface area contributed by atoms with Gasteiger partial charge in [-0.1, -0.05) is 24.3 Å². The van der Waals surface area contributed by atoms with E-state index < -0.39 is 0 Å². The van der Waals surface area contributed by atoms with E-state index in [-0.39, 0.29) is 0 Å². The fourth-order valence-corrected chi connectivity index (χ4v) is 2.49. The molecule has 1 aromatic rings. The first kappa shape index (κ1) is 8.45. The molecule has 0 amide bonds. The molecule has 0 aliphatic carbocycles. The van der Waals surface area contributed by atoms with Crippen molar-refractivity contribution in [2.45, 2.75) is 25.9 Å². The van der Waals surface area contributed by atoms with Crippen LogP contribution >= 0.6 is 0 Å². The Labute approximate surface area is 85.1 Å². The largest absolute Gasteiger partial charge is 0.237 e. The SMILES string of the molecule is c1ccc2c(c1)CN1CCCCN1C2. The van der Waals surface area contributed by atoms with Crippen molar-refractivity contribution in [2.24, 2.45) is 0 Å². The molecule has 2 heterocycles. The number of hydrazine groups is 1. The second-order valence-electron chi connectivity index (χ2n) is 4.25. The Hall–Kier alpha value is -0.860. The second-order valence-corrected chi connectivity index (χ2v) is 4.25. The van der Waals surface area contributed by atoms with Crippen molar-refractivity contribution in [1.29, 1.82) is 0 Å². The van der Waals surface area contributed by atoms with Crippen LogP contribution in [0.15, 0.2) is 24.3 Å². The van der Waals surface area contributed by atoms with E-state index in [9.17, 15) is 0 Å². The molecule has 3 rings (SSSR count). The maximum absolute atomic E-state index is 2.51. The van der Waals surface area contributed by atoms with Crippen molar-refractivity contribution in [2.75, 3.05) is 13.1 Å². The molecule has 2 heteroatoms. The predicted molar refractivity (Wildman–Crippen MR) is 56.5 cm³/mol. The third-order valence-electron chi connectivity index (χ3n) is 3.31. The van der Waals surface area contributed by atoms with Gasteiger partial charge >= 0.3 is 0 Å². The van der Waals surface area contributed by atoms with Crippen LogP contribution in [-0.2, 0) is 13.1 Å². The van der Waals surface area contributed by atoms with Gasteiger partial charge in [0.1, 0.15) is 0 Å². The van der Waals surface area contributed by atoms with Gasteiger partial charge in [-0.05, 0) is 24.0 Å². The number of benzene rings is 1. The summed E-state index contributed by atoms with van der Waals surface area (Å²) in [6.45, 7) is 4.73. The average molecular weight is 188 g/mol. The Morgan fingerprint density at radius 2 is 1.29 bits per heavy atom. The molecule has 1 saturated heterocycles. The van der Waals surface area contributed by atoms with Crippen LogP contribution in [0.5, 0.6) is 0 Å². The fraction of sp³-hybridized carbons (Fsp3) is 0.500. The lowest BCUT2D eigenvalue weighted by atomic mass is 10.0. The second kappa shape index (κ2) is 3.37. The Morgan fingerprint density at radius 1 is 0.786 bits per heavy atom. The van der Waals surface area contributed by atoms with Gasteiger partial charge in [-0.2, -0.15) is 0 Å². The molecule has 0 radical (unpaired) electrons. The molecule has 2 nitrogen and oxygen atoms in total. The zero-order valence-electron chi connectivity index (χ0n) is 8.45. The topological polar surface area (TPSA) is 6.48 Å². The minimum atomic E-state index is 1.12. The molecule has 1 fully saturated rings. The number of hydrogen-bond donors (Lipinski definition) is 0. The smallest absolute Gasteiger partial charge is 0.0387 e. The molecule has 0 aromatic heterocycles. The number of fused-ring (bicyclic) bond motifs is 2. The summed E-state index contributed by atoms with van der Waals surface area (Å²) in [4.78, 5) is 0. The van der Waals surface area contributed by atoms with E-state index in [2.05, 4.69) is 34.3 Å². The van der Waals surface area contributed by atoms with Crippen LogP contribution in [0.4, 0.5) is 0 Å². The van der Waals surface area contributed by atoms with Crippen molar-refractivity contribution in [3.8, 4) is 0 Å². The van der Waals surface area contributed by atoms with Crippen LogP contribution in [0, 0.1) is 0 Å². The summed E-state index contributed by atoms with van der Waals surface area (Å²) >= 11 is 0. The highest BCUT2D eigenvalue weighted by molar-refractivity contribution is 5.28. The van der Waals surface area contributed by atoms with E-state index in [1.165, 1.54) is 37.1 Å². The van der Waals surface area contributed by atoms with Crippen molar-refractivity contribution in [3.05, 3.63) is 35.4 Å². The first-order valence-corrected chi connectivity index (χ1v) is 5.50. The van der Waals surface area contributed by atoms with Crippen LogP contribution < -0.4 is 0 Å². The molecular weight excluding hydrogens is 172 g/mol. The maximum Gasteiger partial charge on any atom is 0.0387 e. The summed E-state index contributed by atoms with van der Waals surface area (Å²) in [5.41, 5.74) is 3.04. The van der Waals surface area contributed by atoms with Crippen molar-refractivity contribution >= 4 is 0 Å². The lowest BCUT2D eigenvalue weighted by Gasteiger charge is -2.42. The Kier molecular flexibility index (Phi) is 2.03. The summed E-state index contributed by atoms with van der Waals surface area (Å²) in [6, 6.07) is 8.83. The Bertz CT molecular complexity index is 302. The summed E-state index contributed by atoms with van der Waals surface area (Å²) in [5.74, 6) is 0. The molecule has 1 aromatic carbocycles. The standard InChI is InChI=1S/C12H16N2/c1-2-6-12-10-14-8-4-3-7-13(14)9-11(12)5-1/h1-2,5-6H,3-4,7-10H2. The molecule has 0 bridgehead atoms. The molecule has 0 N–H and O–H groups in total. The minimum absolute atomic E-state index is 1.12. The first-order valence-electron chi connectivity index (χ1n) is 5.50. The molecule has 0 spiro atoms. The van der Waals surface area contributed by atoms with Crippen LogP contribution in [0.25, 0.3) is 0 Å². The van der Waals surface area contributed by atoms with Gasteiger partial charge in [-0.25, -0.2) is 10.0 Å². The number of hydrogen-bond acceptors (Lipinski definition) is 2. The van der Waals surface area contributed by atoms with E-state index in [1.54, 1.807) is 0 Å². The fourth-order valence-electron chi connectivity index (χ4n) is 2.49. The van der Waals surface area contributed by atoms with Crippen LogP contribution in [0.1, 0.15) is 24.0 Å². The van der Waals surface area contributed by atoms with Gasteiger partial charge in [-0.15, -0.1) is 0 Å². The van der Waals surface area contributed by atoms with Gasteiger partial charge in [0.05, 0.1) is 0 Å². The van der Waals surface area contributed by atoms with Crippen LogP contribution in [0.3, 0.4) is 0 Å². The maximum atomic E-state index is 2.51. The summed E-state index contributed by atoms with van der Waals surface area (Å²) in [5, 5.41) is 5.01. The lowest BCUT2D eigenvalue weighted by Crippen LogP contribution is -2.48. The normalized spacial score (nSPS) is 22.9. The van der Waals surface area contributed by atoms with E-state index >= 15 is 0 Å². The van der Waals surface area contributed by atoms with E-state index in [0.29, 0.717) is 0 Å². The third-order valence-corrected chi connectivity index (χ3v) is 3.31. The molecule has 74 valence electrons. The minimum Gasteiger partial charge on any atom is -0.237 e.